The number of aromatic hydroxyl groups is 1. The first kappa shape index (κ1) is 16.3. The van der Waals surface area contributed by atoms with Gasteiger partial charge in [-0.3, -0.25) is 5.43 Å². The summed E-state index contributed by atoms with van der Waals surface area (Å²) in [5, 5.41) is 17.7. The number of phenols is 1. The Morgan fingerprint density at radius 3 is 2.58 bits per heavy atom. The maximum atomic E-state index is 10.2. The van der Waals surface area contributed by atoms with E-state index in [4.69, 9.17) is 12.2 Å². The molecule has 0 bridgehead atoms. The third-order valence-corrected chi connectivity index (χ3v) is 4.08. The number of nitrogens with one attached hydrogen (secondary N) is 2. The molecule has 24 heavy (non-hydrogen) atoms. The van der Waals surface area contributed by atoms with E-state index in [9.17, 15) is 5.11 Å². The SMILES string of the molecule is Oc1cc(N2CCCC2)ccc1C=NNC(=S)Nc1ccccc1. The van der Waals surface area contributed by atoms with E-state index in [0.29, 0.717) is 10.7 Å². The van der Waals surface area contributed by atoms with Crippen LogP contribution in [0.2, 0.25) is 0 Å². The number of benzene rings is 2. The van der Waals surface area contributed by atoms with E-state index in [1.165, 1.54) is 12.8 Å². The molecule has 3 rings (SSSR count). The van der Waals surface area contributed by atoms with Crippen LogP contribution in [0.15, 0.2) is 53.6 Å². The van der Waals surface area contributed by atoms with E-state index in [0.717, 1.165) is 24.5 Å². The minimum absolute atomic E-state index is 0.215. The molecule has 6 heteroatoms. The number of para-hydroxylation sites is 1. The first-order valence-corrected chi connectivity index (χ1v) is 8.36. The van der Waals surface area contributed by atoms with Crippen molar-refractivity contribution in [2.75, 3.05) is 23.3 Å². The predicted molar refractivity (Wildman–Crippen MR) is 103 cm³/mol. The van der Waals surface area contributed by atoms with Gasteiger partial charge in [-0.2, -0.15) is 5.10 Å². The molecule has 1 heterocycles. The highest BCUT2D eigenvalue weighted by Crippen LogP contribution is 2.26. The van der Waals surface area contributed by atoms with Crippen molar-refractivity contribution in [1.29, 1.82) is 0 Å². The van der Waals surface area contributed by atoms with Gasteiger partial charge in [0.2, 0.25) is 0 Å². The van der Waals surface area contributed by atoms with Gasteiger partial charge in [0.05, 0.1) is 6.21 Å². The molecule has 1 aliphatic heterocycles. The zero-order chi connectivity index (χ0) is 16.8. The zero-order valence-electron chi connectivity index (χ0n) is 13.3. The lowest BCUT2D eigenvalue weighted by Crippen LogP contribution is -2.23. The lowest BCUT2D eigenvalue weighted by Gasteiger charge is -2.18. The van der Waals surface area contributed by atoms with Gasteiger partial charge in [0, 0.05) is 36.1 Å². The van der Waals surface area contributed by atoms with E-state index in [-0.39, 0.29) is 5.75 Å². The second-order valence-electron chi connectivity index (χ2n) is 5.63. The molecular formula is C18H20N4OS. The fraction of sp³-hybridized carbons (Fsp3) is 0.222. The zero-order valence-corrected chi connectivity index (χ0v) is 14.1. The average Bonchev–Trinajstić information content (AvgIpc) is 3.12. The van der Waals surface area contributed by atoms with Crippen molar-refractivity contribution in [3.63, 3.8) is 0 Å². The Kier molecular flexibility index (Phi) is 5.28. The van der Waals surface area contributed by atoms with Gasteiger partial charge in [-0.25, -0.2) is 0 Å². The van der Waals surface area contributed by atoms with Crippen LogP contribution < -0.4 is 15.6 Å². The Morgan fingerprint density at radius 1 is 1.12 bits per heavy atom. The second-order valence-corrected chi connectivity index (χ2v) is 6.04. The van der Waals surface area contributed by atoms with Gasteiger partial charge < -0.3 is 15.3 Å². The minimum atomic E-state index is 0.215. The summed E-state index contributed by atoms with van der Waals surface area (Å²) in [4.78, 5) is 2.28. The van der Waals surface area contributed by atoms with Crippen molar-refractivity contribution in [2.24, 2.45) is 5.10 Å². The van der Waals surface area contributed by atoms with Crippen molar-refractivity contribution < 1.29 is 5.11 Å². The Bertz CT molecular complexity index is 727. The number of thiocarbonyl (C=S) groups is 1. The lowest BCUT2D eigenvalue weighted by molar-refractivity contribution is 0.474. The first-order chi connectivity index (χ1) is 11.7. The molecule has 0 spiro atoms. The molecule has 0 amide bonds. The summed E-state index contributed by atoms with van der Waals surface area (Å²) >= 11 is 5.17. The van der Waals surface area contributed by atoms with Gasteiger partial charge in [0.25, 0.3) is 0 Å². The summed E-state index contributed by atoms with van der Waals surface area (Å²) in [7, 11) is 0. The Morgan fingerprint density at radius 2 is 1.88 bits per heavy atom. The molecule has 3 N–H and O–H groups in total. The third-order valence-electron chi connectivity index (χ3n) is 3.89. The molecule has 0 unspecified atom stereocenters. The van der Waals surface area contributed by atoms with Gasteiger partial charge in [-0.05, 0) is 49.3 Å². The standard InChI is InChI=1S/C18H20N4OS/c23-17-12-16(22-10-4-5-11-22)9-8-14(17)13-19-21-18(24)20-15-6-2-1-3-7-15/h1-3,6-9,12-13,23H,4-5,10-11H2,(H2,20,21,24). The molecule has 124 valence electrons. The molecule has 1 fully saturated rings. The molecule has 1 saturated heterocycles. The molecule has 0 radical (unpaired) electrons. The van der Waals surface area contributed by atoms with Crippen molar-refractivity contribution in [1.82, 2.24) is 5.43 Å². The Balaban J connectivity index is 1.57. The van der Waals surface area contributed by atoms with Crippen LogP contribution in [0, 0.1) is 0 Å². The first-order valence-electron chi connectivity index (χ1n) is 7.95. The van der Waals surface area contributed by atoms with Crippen LogP contribution in [0.4, 0.5) is 11.4 Å². The van der Waals surface area contributed by atoms with Crippen LogP contribution in [0.25, 0.3) is 0 Å². The number of anilines is 2. The maximum Gasteiger partial charge on any atom is 0.191 e. The highest BCUT2D eigenvalue weighted by Gasteiger charge is 2.13. The number of hydrogen-bond donors (Lipinski definition) is 3. The maximum absolute atomic E-state index is 10.2. The molecule has 1 aliphatic rings. The van der Waals surface area contributed by atoms with Crippen LogP contribution in [-0.4, -0.2) is 29.5 Å². The van der Waals surface area contributed by atoms with E-state index in [1.54, 1.807) is 12.3 Å². The summed E-state index contributed by atoms with van der Waals surface area (Å²) in [6.07, 6.45) is 3.97. The molecule has 0 aromatic heterocycles. The lowest BCUT2D eigenvalue weighted by atomic mass is 10.2. The quantitative estimate of drug-likeness (QED) is 0.453. The monoisotopic (exact) mass is 340 g/mol. The summed E-state index contributed by atoms with van der Waals surface area (Å²) < 4.78 is 0. The van der Waals surface area contributed by atoms with E-state index < -0.39 is 0 Å². The fourth-order valence-electron chi connectivity index (χ4n) is 2.65. The fourth-order valence-corrected chi connectivity index (χ4v) is 2.82. The summed E-state index contributed by atoms with van der Waals surface area (Å²) in [5.74, 6) is 0.215. The van der Waals surface area contributed by atoms with Gasteiger partial charge >= 0.3 is 0 Å². The topological polar surface area (TPSA) is 59.9 Å². The number of phenolic OH excluding ortho intramolecular Hbond substituents is 1. The van der Waals surface area contributed by atoms with Crippen LogP contribution >= 0.6 is 12.2 Å². The van der Waals surface area contributed by atoms with E-state index in [1.807, 2.05) is 42.5 Å². The molecule has 0 atom stereocenters. The minimum Gasteiger partial charge on any atom is -0.507 e. The van der Waals surface area contributed by atoms with Crippen molar-refractivity contribution in [3.8, 4) is 5.75 Å². The van der Waals surface area contributed by atoms with Crippen molar-refractivity contribution >= 4 is 34.9 Å². The molecule has 2 aromatic rings. The van der Waals surface area contributed by atoms with Crippen molar-refractivity contribution in [2.45, 2.75) is 12.8 Å². The summed E-state index contributed by atoms with van der Waals surface area (Å²) in [6.45, 7) is 2.10. The highest BCUT2D eigenvalue weighted by atomic mass is 32.1. The van der Waals surface area contributed by atoms with Crippen molar-refractivity contribution in [3.05, 3.63) is 54.1 Å². The number of rotatable bonds is 4. The van der Waals surface area contributed by atoms with Gasteiger partial charge in [-0.15, -0.1) is 0 Å². The van der Waals surface area contributed by atoms with Crippen LogP contribution in [0.3, 0.4) is 0 Å². The normalized spacial score (nSPS) is 14.1. The van der Waals surface area contributed by atoms with Gasteiger partial charge in [0.1, 0.15) is 5.75 Å². The Hall–Kier alpha value is -2.60. The number of hydrazone groups is 1. The predicted octanol–water partition coefficient (Wildman–Crippen LogP) is 3.31. The van der Waals surface area contributed by atoms with Gasteiger partial charge in [-0.1, -0.05) is 18.2 Å². The summed E-state index contributed by atoms with van der Waals surface area (Å²) in [5.41, 5.74) is 5.33. The number of nitrogens with zero attached hydrogens (tertiary/aromatic N) is 2. The average molecular weight is 340 g/mol. The smallest absolute Gasteiger partial charge is 0.191 e. The summed E-state index contributed by atoms with van der Waals surface area (Å²) in [6, 6.07) is 15.3. The molecule has 2 aromatic carbocycles. The second kappa shape index (κ2) is 7.79. The molecule has 5 nitrogen and oxygen atoms in total. The van der Waals surface area contributed by atoms with E-state index >= 15 is 0 Å². The van der Waals surface area contributed by atoms with Crippen LogP contribution in [-0.2, 0) is 0 Å². The molecular weight excluding hydrogens is 320 g/mol. The molecule has 0 saturated carbocycles. The largest absolute Gasteiger partial charge is 0.507 e. The van der Waals surface area contributed by atoms with Crippen LogP contribution in [0.5, 0.6) is 5.75 Å². The van der Waals surface area contributed by atoms with Gasteiger partial charge in [0.15, 0.2) is 5.11 Å². The van der Waals surface area contributed by atoms with Crippen LogP contribution in [0.1, 0.15) is 18.4 Å². The highest BCUT2D eigenvalue weighted by molar-refractivity contribution is 7.80. The number of hydrogen-bond acceptors (Lipinski definition) is 4. The van der Waals surface area contributed by atoms with E-state index in [2.05, 4.69) is 20.7 Å². The molecule has 0 aliphatic carbocycles. The Labute approximate surface area is 147 Å². The third kappa shape index (κ3) is 4.23.